The minimum atomic E-state index is 1.75. The predicted octanol–water partition coefficient (Wildman–Crippen LogP) is 5.90. The fourth-order valence-corrected chi connectivity index (χ4v) is 1.01. The molecule has 0 aliphatic heterocycles. The Labute approximate surface area is 135 Å². The van der Waals surface area contributed by atoms with E-state index in [0.717, 1.165) is 0 Å². The van der Waals surface area contributed by atoms with Crippen LogP contribution in [0.4, 0.5) is 0 Å². The Bertz CT molecular complexity index is 300. The van der Waals surface area contributed by atoms with Gasteiger partial charge < -0.3 is 0 Å². The van der Waals surface area contributed by atoms with E-state index in [1.54, 1.807) is 24.8 Å². The number of pyridine rings is 2. The van der Waals surface area contributed by atoms with Crippen LogP contribution >= 0.6 is 0 Å². The molecule has 0 bridgehead atoms. The molecular formula is C20H28N2. The standard InChI is InChI=1S/C6H6.2C5H5N.2C2H6/c3*1-2-4-6-5-3-1;2*1-2/h1-6H;2*1-5H;2*1-2H3. The number of hydrogen-bond donors (Lipinski definition) is 0. The molecule has 3 aromatic rings. The Kier molecular flexibility index (Phi) is 23.4. The summed E-state index contributed by atoms with van der Waals surface area (Å²) in [5.41, 5.74) is 0. The van der Waals surface area contributed by atoms with Crippen molar-refractivity contribution in [3.63, 3.8) is 0 Å². The molecule has 3 rings (SSSR count). The van der Waals surface area contributed by atoms with Gasteiger partial charge in [0, 0.05) is 24.8 Å². The molecule has 0 fully saturated rings. The number of hydrogen-bond acceptors (Lipinski definition) is 2. The molecule has 2 aromatic heterocycles. The van der Waals surface area contributed by atoms with Crippen molar-refractivity contribution < 1.29 is 0 Å². The molecule has 0 amide bonds. The van der Waals surface area contributed by atoms with Crippen LogP contribution in [0.5, 0.6) is 0 Å². The van der Waals surface area contributed by atoms with Gasteiger partial charge >= 0.3 is 0 Å². The lowest BCUT2D eigenvalue weighted by Gasteiger charge is -1.70. The van der Waals surface area contributed by atoms with Gasteiger partial charge in [-0.3, -0.25) is 9.97 Å². The number of nitrogens with zero attached hydrogens (tertiary/aromatic N) is 2. The lowest BCUT2D eigenvalue weighted by molar-refractivity contribution is 1.33. The number of aromatic nitrogens is 2. The van der Waals surface area contributed by atoms with Gasteiger partial charge in [0.05, 0.1) is 0 Å². The minimum absolute atomic E-state index is 1.75. The molecule has 0 saturated carbocycles. The van der Waals surface area contributed by atoms with E-state index in [0.29, 0.717) is 0 Å². The van der Waals surface area contributed by atoms with Crippen molar-refractivity contribution in [1.29, 1.82) is 0 Å². The highest BCUT2D eigenvalue weighted by molar-refractivity contribution is 4.99. The van der Waals surface area contributed by atoms with Crippen molar-refractivity contribution in [2.45, 2.75) is 27.7 Å². The largest absolute Gasteiger partial charge is 0.265 e. The second-order valence-corrected chi connectivity index (χ2v) is 3.20. The van der Waals surface area contributed by atoms with Crippen molar-refractivity contribution in [3.05, 3.63) is 97.6 Å². The maximum atomic E-state index is 3.78. The van der Waals surface area contributed by atoms with Gasteiger partial charge in [0.15, 0.2) is 0 Å². The zero-order valence-electron chi connectivity index (χ0n) is 14.1. The van der Waals surface area contributed by atoms with E-state index in [1.807, 2.05) is 100 Å². The highest BCUT2D eigenvalue weighted by Gasteiger charge is 1.59. The summed E-state index contributed by atoms with van der Waals surface area (Å²) in [6.07, 6.45) is 7.00. The van der Waals surface area contributed by atoms with Crippen LogP contribution in [-0.2, 0) is 0 Å². The van der Waals surface area contributed by atoms with E-state index in [-0.39, 0.29) is 0 Å². The van der Waals surface area contributed by atoms with Gasteiger partial charge in [-0.1, -0.05) is 76.2 Å². The van der Waals surface area contributed by atoms with E-state index < -0.39 is 0 Å². The Hall–Kier alpha value is -2.48. The molecule has 0 spiro atoms. The van der Waals surface area contributed by atoms with Gasteiger partial charge in [-0.05, 0) is 24.3 Å². The Morgan fingerprint density at radius 2 is 0.500 bits per heavy atom. The molecule has 118 valence electrons. The van der Waals surface area contributed by atoms with Gasteiger partial charge in [0.2, 0.25) is 0 Å². The lowest BCUT2D eigenvalue weighted by atomic mass is 10.4. The minimum Gasteiger partial charge on any atom is -0.265 e. The SMILES string of the molecule is CC.CC.c1ccccc1.c1ccncc1.c1ccncc1. The first-order valence-electron chi connectivity index (χ1n) is 7.70. The fourth-order valence-electron chi connectivity index (χ4n) is 1.01. The first kappa shape index (κ1) is 21.8. The summed E-state index contributed by atoms with van der Waals surface area (Å²) in [4.78, 5) is 7.57. The molecule has 0 unspecified atom stereocenters. The highest BCUT2D eigenvalue weighted by atomic mass is 14.6. The fraction of sp³-hybridized carbons (Fsp3) is 0.200. The van der Waals surface area contributed by atoms with Crippen LogP contribution in [0.25, 0.3) is 0 Å². The molecule has 2 heteroatoms. The van der Waals surface area contributed by atoms with Gasteiger partial charge in [-0.2, -0.15) is 0 Å². The maximum absolute atomic E-state index is 3.78. The van der Waals surface area contributed by atoms with Crippen molar-refractivity contribution in [3.8, 4) is 0 Å². The third-order valence-electron chi connectivity index (χ3n) is 1.80. The third-order valence-corrected chi connectivity index (χ3v) is 1.80. The Morgan fingerprint density at radius 1 is 0.318 bits per heavy atom. The summed E-state index contributed by atoms with van der Waals surface area (Å²) in [5, 5.41) is 0. The van der Waals surface area contributed by atoms with E-state index >= 15 is 0 Å². The summed E-state index contributed by atoms with van der Waals surface area (Å²) in [6, 6.07) is 23.4. The lowest BCUT2D eigenvalue weighted by Crippen LogP contribution is -1.58. The Balaban J connectivity index is 0. The maximum Gasteiger partial charge on any atom is 0.0267 e. The molecule has 1 aromatic carbocycles. The average molecular weight is 296 g/mol. The van der Waals surface area contributed by atoms with E-state index in [2.05, 4.69) is 9.97 Å². The predicted molar refractivity (Wildman–Crippen MR) is 97.6 cm³/mol. The zero-order valence-corrected chi connectivity index (χ0v) is 14.1. The third kappa shape index (κ3) is 19.9. The van der Waals surface area contributed by atoms with Gasteiger partial charge in [0.25, 0.3) is 0 Å². The molecule has 0 N–H and O–H groups in total. The summed E-state index contributed by atoms with van der Waals surface area (Å²) in [7, 11) is 0. The average Bonchev–Trinajstić information content (AvgIpc) is 2.70. The van der Waals surface area contributed by atoms with Crippen LogP contribution in [0.3, 0.4) is 0 Å². The summed E-state index contributed by atoms with van der Waals surface area (Å²) < 4.78 is 0. The van der Waals surface area contributed by atoms with Crippen LogP contribution in [0.15, 0.2) is 97.6 Å². The van der Waals surface area contributed by atoms with Crippen LogP contribution in [-0.4, -0.2) is 9.97 Å². The van der Waals surface area contributed by atoms with Crippen LogP contribution in [0, 0.1) is 0 Å². The second-order valence-electron chi connectivity index (χ2n) is 3.20. The number of rotatable bonds is 0. The van der Waals surface area contributed by atoms with E-state index in [9.17, 15) is 0 Å². The summed E-state index contributed by atoms with van der Waals surface area (Å²) in [6.45, 7) is 8.00. The van der Waals surface area contributed by atoms with Crippen LogP contribution in [0.1, 0.15) is 27.7 Å². The summed E-state index contributed by atoms with van der Waals surface area (Å²) >= 11 is 0. The second kappa shape index (κ2) is 23.6. The van der Waals surface area contributed by atoms with Crippen molar-refractivity contribution in [1.82, 2.24) is 9.97 Å². The number of benzene rings is 1. The molecule has 0 atom stereocenters. The first-order chi connectivity index (χ1) is 11.0. The van der Waals surface area contributed by atoms with Crippen molar-refractivity contribution >= 4 is 0 Å². The topological polar surface area (TPSA) is 25.8 Å². The molecule has 0 aliphatic carbocycles. The molecule has 0 radical (unpaired) electrons. The van der Waals surface area contributed by atoms with Crippen LogP contribution < -0.4 is 0 Å². The molecule has 0 aliphatic rings. The van der Waals surface area contributed by atoms with Crippen molar-refractivity contribution in [2.75, 3.05) is 0 Å². The monoisotopic (exact) mass is 296 g/mol. The molecule has 22 heavy (non-hydrogen) atoms. The van der Waals surface area contributed by atoms with Crippen molar-refractivity contribution in [2.24, 2.45) is 0 Å². The van der Waals surface area contributed by atoms with Gasteiger partial charge in [-0.25, -0.2) is 0 Å². The molecule has 2 heterocycles. The smallest absolute Gasteiger partial charge is 0.0267 e. The van der Waals surface area contributed by atoms with E-state index in [4.69, 9.17) is 0 Å². The highest BCUT2D eigenvalue weighted by Crippen LogP contribution is 1.80. The van der Waals surface area contributed by atoms with Gasteiger partial charge in [0.1, 0.15) is 0 Å². The normalized spacial score (nSPS) is 7.09. The summed E-state index contributed by atoms with van der Waals surface area (Å²) in [5.74, 6) is 0. The van der Waals surface area contributed by atoms with E-state index in [1.165, 1.54) is 0 Å². The zero-order chi connectivity index (χ0) is 16.7. The first-order valence-corrected chi connectivity index (χ1v) is 7.70. The molecule has 0 saturated heterocycles. The molecular weight excluding hydrogens is 268 g/mol. The van der Waals surface area contributed by atoms with Gasteiger partial charge in [-0.15, -0.1) is 0 Å². The quantitative estimate of drug-likeness (QED) is 0.516. The molecule has 2 nitrogen and oxygen atoms in total. The van der Waals surface area contributed by atoms with Crippen LogP contribution in [0.2, 0.25) is 0 Å². The Morgan fingerprint density at radius 3 is 0.591 bits per heavy atom.